The molecule has 1 aromatic rings. The van der Waals surface area contributed by atoms with Crippen LogP contribution in [-0.4, -0.2) is 41.4 Å². The minimum Gasteiger partial charge on any atom is -0.351 e. The van der Waals surface area contributed by atoms with Crippen molar-refractivity contribution in [3.05, 3.63) is 35.6 Å². The van der Waals surface area contributed by atoms with E-state index >= 15 is 0 Å². The molecule has 124 valence electrons. The molecule has 0 spiro atoms. The SMILES string of the molecule is NC(=O)N1CCC[C@@H](C(=O)N2CCC[C@H]2c2ccc(F)cc2)C1. The van der Waals surface area contributed by atoms with Gasteiger partial charge in [-0.3, -0.25) is 4.79 Å². The predicted molar refractivity (Wildman–Crippen MR) is 84.0 cm³/mol. The molecule has 5 nitrogen and oxygen atoms in total. The summed E-state index contributed by atoms with van der Waals surface area (Å²) in [5, 5.41) is 0. The quantitative estimate of drug-likeness (QED) is 0.909. The highest BCUT2D eigenvalue weighted by Gasteiger charge is 2.36. The van der Waals surface area contributed by atoms with E-state index in [9.17, 15) is 14.0 Å². The summed E-state index contributed by atoms with van der Waals surface area (Å²) >= 11 is 0. The summed E-state index contributed by atoms with van der Waals surface area (Å²) in [5.41, 5.74) is 6.31. The average molecular weight is 319 g/mol. The van der Waals surface area contributed by atoms with Gasteiger partial charge in [-0.2, -0.15) is 0 Å². The van der Waals surface area contributed by atoms with Crippen molar-refractivity contribution in [3.8, 4) is 0 Å². The number of hydrogen-bond acceptors (Lipinski definition) is 2. The summed E-state index contributed by atoms with van der Waals surface area (Å²) < 4.78 is 13.1. The molecule has 3 rings (SSSR count). The molecule has 2 aliphatic rings. The van der Waals surface area contributed by atoms with E-state index in [1.165, 1.54) is 12.1 Å². The number of nitrogens with zero attached hydrogens (tertiary/aromatic N) is 2. The molecule has 0 aliphatic carbocycles. The van der Waals surface area contributed by atoms with Gasteiger partial charge in [-0.15, -0.1) is 0 Å². The molecular formula is C17H22FN3O2. The first-order valence-electron chi connectivity index (χ1n) is 8.16. The molecule has 2 fully saturated rings. The monoisotopic (exact) mass is 319 g/mol. The Bertz CT molecular complexity index is 590. The van der Waals surface area contributed by atoms with Crippen LogP contribution in [0.2, 0.25) is 0 Å². The molecule has 0 saturated carbocycles. The number of primary amides is 1. The Morgan fingerprint density at radius 1 is 1.09 bits per heavy atom. The normalized spacial score (nSPS) is 24.7. The van der Waals surface area contributed by atoms with Gasteiger partial charge in [-0.05, 0) is 43.4 Å². The smallest absolute Gasteiger partial charge is 0.314 e. The van der Waals surface area contributed by atoms with Gasteiger partial charge in [-0.1, -0.05) is 12.1 Å². The third-order valence-corrected chi connectivity index (χ3v) is 4.87. The molecule has 2 saturated heterocycles. The third-order valence-electron chi connectivity index (χ3n) is 4.87. The van der Waals surface area contributed by atoms with Crippen LogP contribution < -0.4 is 5.73 Å². The Hall–Kier alpha value is -2.11. The van der Waals surface area contributed by atoms with Gasteiger partial charge < -0.3 is 15.5 Å². The number of rotatable bonds is 2. The number of carbonyl (C=O) groups excluding carboxylic acids is 2. The number of halogens is 1. The fourth-order valence-electron chi connectivity index (χ4n) is 3.68. The summed E-state index contributed by atoms with van der Waals surface area (Å²) in [7, 11) is 0. The molecule has 6 heteroatoms. The second-order valence-corrected chi connectivity index (χ2v) is 6.36. The van der Waals surface area contributed by atoms with Crippen LogP contribution in [0.3, 0.4) is 0 Å². The summed E-state index contributed by atoms with van der Waals surface area (Å²) in [4.78, 5) is 27.7. The van der Waals surface area contributed by atoms with Crippen molar-refractivity contribution in [2.24, 2.45) is 11.7 Å². The second kappa shape index (κ2) is 6.56. The Morgan fingerprint density at radius 3 is 2.48 bits per heavy atom. The first-order valence-corrected chi connectivity index (χ1v) is 8.16. The molecule has 2 N–H and O–H groups in total. The lowest BCUT2D eigenvalue weighted by molar-refractivity contribution is -0.137. The maximum absolute atomic E-state index is 13.1. The van der Waals surface area contributed by atoms with E-state index in [0.29, 0.717) is 19.6 Å². The van der Waals surface area contributed by atoms with Crippen molar-refractivity contribution in [1.29, 1.82) is 0 Å². The summed E-state index contributed by atoms with van der Waals surface area (Å²) in [6, 6.07) is 5.92. The van der Waals surface area contributed by atoms with Crippen LogP contribution in [0, 0.1) is 11.7 Å². The Kier molecular flexibility index (Phi) is 4.50. The molecule has 0 unspecified atom stereocenters. The molecule has 1 aromatic carbocycles. The average Bonchev–Trinajstić information content (AvgIpc) is 3.04. The first-order chi connectivity index (χ1) is 11.1. The number of piperidine rings is 1. The molecular weight excluding hydrogens is 297 g/mol. The lowest BCUT2D eigenvalue weighted by atomic mass is 9.95. The molecule has 2 atom stereocenters. The summed E-state index contributed by atoms with van der Waals surface area (Å²) in [6.45, 7) is 1.75. The van der Waals surface area contributed by atoms with Gasteiger partial charge in [0.05, 0.1) is 12.0 Å². The van der Waals surface area contributed by atoms with E-state index in [0.717, 1.165) is 31.2 Å². The van der Waals surface area contributed by atoms with E-state index in [4.69, 9.17) is 5.73 Å². The molecule has 23 heavy (non-hydrogen) atoms. The van der Waals surface area contributed by atoms with Crippen LogP contribution in [0.15, 0.2) is 24.3 Å². The van der Waals surface area contributed by atoms with Crippen LogP contribution in [0.1, 0.15) is 37.3 Å². The van der Waals surface area contributed by atoms with Crippen molar-refractivity contribution in [3.63, 3.8) is 0 Å². The molecule has 3 amide bonds. The van der Waals surface area contributed by atoms with Crippen molar-refractivity contribution < 1.29 is 14.0 Å². The van der Waals surface area contributed by atoms with Crippen LogP contribution in [0.4, 0.5) is 9.18 Å². The van der Waals surface area contributed by atoms with Gasteiger partial charge in [0.1, 0.15) is 5.82 Å². The van der Waals surface area contributed by atoms with Crippen LogP contribution in [0.25, 0.3) is 0 Å². The minimum absolute atomic E-state index is 0.00653. The van der Waals surface area contributed by atoms with Gasteiger partial charge >= 0.3 is 6.03 Å². The van der Waals surface area contributed by atoms with Gasteiger partial charge in [0.15, 0.2) is 0 Å². The largest absolute Gasteiger partial charge is 0.351 e. The molecule has 2 heterocycles. The Labute approximate surface area is 135 Å². The van der Waals surface area contributed by atoms with Crippen LogP contribution in [-0.2, 0) is 4.79 Å². The fourth-order valence-corrected chi connectivity index (χ4v) is 3.68. The van der Waals surface area contributed by atoms with Crippen LogP contribution >= 0.6 is 0 Å². The van der Waals surface area contributed by atoms with E-state index in [1.54, 1.807) is 17.0 Å². The maximum atomic E-state index is 13.1. The highest BCUT2D eigenvalue weighted by atomic mass is 19.1. The predicted octanol–water partition coefficient (Wildman–Crippen LogP) is 2.28. The molecule has 0 radical (unpaired) electrons. The van der Waals surface area contributed by atoms with Crippen LogP contribution in [0.5, 0.6) is 0 Å². The molecule has 0 bridgehead atoms. The number of hydrogen-bond donors (Lipinski definition) is 1. The molecule has 2 aliphatic heterocycles. The highest BCUT2D eigenvalue weighted by Crippen LogP contribution is 2.34. The Balaban J connectivity index is 1.73. The van der Waals surface area contributed by atoms with Crippen molar-refractivity contribution in [1.82, 2.24) is 9.80 Å². The Morgan fingerprint density at radius 2 is 1.78 bits per heavy atom. The zero-order valence-electron chi connectivity index (χ0n) is 13.1. The number of benzene rings is 1. The topological polar surface area (TPSA) is 66.6 Å². The first kappa shape index (κ1) is 15.8. The van der Waals surface area contributed by atoms with Gasteiger partial charge in [0.2, 0.25) is 5.91 Å². The van der Waals surface area contributed by atoms with Crippen molar-refractivity contribution in [2.45, 2.75) is 31.7 Å². The number of likely N-dealkylation sites (tertiary alicyclic amines) is 2. The van der Waals surface area contributed by atoms with E-state index < -0.39 is 6.03 Å². The van der Waals surface area contributed by atoms with E-state index in [-0.39, 0.29) is 23.7 Å². The van der Waals surface area contributed by atoms with Gasteiger partial charge in [0.25, 0.3) is 0 Å². The standard InChI is InChI=1S/C17H22FN3O2/c18-14-7-5-12(6-8-14)15-4-2-10-21(15)16(22)13-3-1-9-20(11-13)17(19)23/h5-8,13,15H,1-4,9-11H2,(H2,19,23)/t13-,15+/m1/s1. The van der Waals surface area contributed by atoms with Gasteiger partial charge in [0, 0.05) is 19.6 Å². The maximum Gasteiger partial charge on any atom is 0.314 e. The van der Waals surface area contributed by atoms with Gasteiger partial charge in [-0.25, -0.2) is 9.18 Å². The number of nitrogens with two attached hydrogens (primary N) is 1. The summed E-state index contributed by atoms with van der Waals surface area (Å²) in [6.07, 6.45) is 3.42. The molecule has 0 aromatic heterocycles. The lowest BCUT2D eigenvalue weighted by Gasteiger charge is -2.35. The number of carbonyl (C=O) groups is 2. The lowest BCUT2D eigenvalue weighted by Crippen LogP contribution is -2.48. The van der Waals surface area contributed by atoms with Crippen molar-refractivity contribution >= 4 is 11.9 Å². The summed E-state index contributed by atoms with van der Waals surface area (Å²) in [5.74, 6) is -0.367. The fraction of sp³-hybridized carbons (Fsp3) is 0.529. The van der Waals surface area contributed by atoms with E-state index in [1.807, 2.05) is 4.90 Å². The zero-order chi connectivity index (χ0) is 16.4. The second-order valence-electron chi connectivity index (χ2n) is 6.36. The van der Waals surface area contributed by atoms with Crippen molar-refractivity contribution in [2.75, 3.05) is 19.6 Å². The highest BCUT2D eigenvalue weighted by molar-refractivity contribution is 5.81. The minimum atomic E-state index is -0.459. The number of amides is 3. The van der Waals surface area contributed by atoms with E-state index in [2.05, 4.69) is 0 Å². The third kappa shape index (κ3) is 3.30. The number of urea groups is 1. The zero-order valence-corrected chi connectivity index (χ0v) is 13.1.